The van der Waals surface area contributed by atoms with Crippen molar-refractivity contribution >= 4 is 22.7 Å². The highest BCUT2D eigenvalue weighted by Gasteiger charge is 2.15. The van der Waals surface area contributed by atoms with E-state index in [0.717, 1.165) is 29.4 Å². The lowest BCUT2D eigenvalue weighted by Crippen LogP contribution is -2.19. The molecule has 2 rings (SSSR count). The van der Waals surface area contributed by atoms with E-state index in [1.165, 1.54) is 9.75 Å². The molecule has 18 heavy (non-hydrogen) atoms. The summed E-state index contributed by atoms with van der Waals surface area (Å²) >= 11 is 3.53. The normalized spacial score (nSPS) is 12.8. The van der Waals surface area contributed by atoms with Gasteiger partial charge < -0.3 is 5.32 Å². The predicted octanol–water partition coefficient (Wildman–Crippen LogP) is 3.89. The second-order valence-electron chi connectivity index (χ2n) is 4.08. The molecule has 0 aliphatic rings. The number of aryl methyl sites for hydroxylation is 1. The van der Waals surface area contributed by atoms with Crippen LogP contribution in [0.15, 0.2) is 12.1 Å². The maximum atomic E-state index is 4.33. The Bertz CT molecular complexity index is 490. The van der Waals surface area contributed by atoms with Crippen LogP contribution in [-0.2, 0) is 6.42 Å². The van der Waals surface area contributed by atoms with E-state index in [2.05, 4.69) is 48.4 Å². The minimum Gasteiger partial charge on any atom is -0.308 e. The molecule has 0 aliphatic carbocycles. The van der Waals surface area contributed by atoms with Crippen molar-refractivity contribution in [2.24, 2.45) is 0 Å². The number of nitrogens with one attached hydrogen (secondary N) is 1. The molecule has 2 aromatic rings. The average Bonchev–Trinajstić information content (AvgIpc) is 3.03. The van der Waals surface area contributed by atoms with E-state index in [-0.39, 0.29) is 0 Å². The Kier molecular flexibility index (Phi) is 4.86. The Hall–Kier alpha value is -0.780. The first kappa shape index (κ1) is 13.6. The van der Waals surface area contributed by atoms with Crippen molar-refractivity contribution in [2.75, 3.05) is 6.54 Å². The van der Waals surface area contributed by atoms with Crippen LogP contribution >= 0.6 is 22.7 Å². The number of thiophene rings is 1. The van der Waals surface area contributed by atoms with E-state index in [4.69, 9.17) is 0 Å². The minimum absolute atomic E-state index is 0.340. The summed E-state index contributed by atoms with van der Waals surface area (Å²) in [6.07, 6.45) is 2.14. The zero-order valence-corrected chi connectivity index (χ0v) is 12.7. The van der Waals surface area contributed by atoms with Crippen LogP contribution in [0.5, 0.6) is 0 Å². The molecule has 1 atom stereocenters. The van der Waals surface area contributed by atoms with Gasteiger partial charge in [-0.15, -0.1) is 21.5 Å². The van der Waals surface area contributed by atoms with Crippen LogP contribution in [0.2, 0.25) is 0 Å². The Labute approximate surface area is 116 Å². The number of hydrogen-bond acceptors (Lipinski definition) is 5. The first-order valence-corrected chi connectivity index (χ1v) is 8.07. The van der Waals surface area contributed by atoms with Gasteiger partial charge in [-0.05, 0) is 31.5 Å². The van der Waals surface area contributed by atoms with Crippen molar-refractivity contribution in [1.82, 2.24) is 15.5 Å². The molecule has 0 radical (unpaired) electrons. The first-order valence-electron chi connectivity index (χ1n) is 6.44. The summed E-state index contributed by atoms with van der Waals surface area (Å²) in [4.78, 5) is 2.64. The van der Waals surface area contributed by atoms with Gasteiger partial charge in [0.05, 0.1) is 10.9 Å². The average molecular weight is 281 g/mol. The van der Waals surface area contributed by atoms with E-state index in [1.54, 1.807) is 11.3 Å². The molecular formula is C13H19N3S2. The first-order chi connectivity index (χ1) is 8.78. The summed E-state index contributed by atoms with van der Waals surface area (Å²) < 4.78 is 0. The van der Waals surface area contributed by atoms with Crippen molar-refractivity contribution in [3.05, 3.63) is 22.0 Å². The highest BCUT2D eigenvalue weighted by Crippen LogP contribution is 2.32. The Morgan fingerprint density at radius 1 is 1.17 bits per heavy atom. The quantitative estimate of drug-likeness (QED) is 0.873. The number of rotatable bonds is 6. The van der Waals surface area contributed by atoms with Gasteiger partial charge in [0.1, 0.15) is 5.01 Å². The van der Waals surface area contributed by atoms with Crippen molar-refractivity contribution in [3.63, 3.8) is 0 Å². The molecule has 0 aliphatic heterocycles. The van der Waals surface area contributed by atoms with E-state index in [0.29, 0.717) is 6.04 Å². The van der Waals surface area contributed by atoms with Crippen LogP contribution in [0.1, 0.15) is 43.1 Å². The SMILES string of the molecule is CCNC(CC)c1nnc(-c2ccc(CC)s2)s1. The van der Waals surface area contributed by atoms with Crippen molar-refractivity contribution < 1.29 is 0 Å². The van der Waals surface area contributed by atoms with Gasteiger partial charge in [0.2, 0.25) is 0 Å². The van der Waals surface area contributed by atoms with Gasteiger partial charge in [-0.1, -0.05) is 32.1 Å². The fourth-order valence-electron chi connectivity index (χ4n) is 1.81. The van der Waals surface area contributed by atoms with Crippen molar-refractivity contribution in [3.8, 4) is 9.88 Å². The number of aromatic nitrogens is 2. The maximum Gasteiger partial charge on any atom is 0.157 e. The molecule has 0 saturated heterocycles. The summed E-state index contributed by atoms with van der Waals surface area (Å²) in [6, 6.07) is 4.68. The van der Waals surface area contributed by atoms with Crippen LogP contribution in [0.25, 0.3) is 9.88 Å². The Morgan fingerprint density at radius 3 is 2.61 bits per heavy atom. The summed E-state index contributed by atoms with van der Waals surface area (Å²) in [6.45, 7) is 7.44. The summed E-state index contributed by atoms with van der Waals surface area (Å²) in [5.74, 6) is 0. The molecule has 5 heteroatoms. The van der Waals surface area contributed by atoms with Crippen LogP contribution in [-0.4, -0.2) is 16.7 Å². The van der Waals surface area contributed by atoms with Crippen LogP contribution in [0.3, 0.4) is 0 Å². The molecule has 0 saturated carbocycles. The fraction of sp³-hybridized carbons (Fsp3) is 0.538. The molecule has 0 aromatic carbocycles. The Balaban J connectivity index is 2.18. The fourth-order valence-corrected chi connectivity index (χ4v) is 3.81. The van der Waals surface area contributed by atoms with Crippen molar-refractivity contribution in [1.29, 1.82) is 0 Å². The van der Waals surface area contributed by atoms with Gasteiger partial charge in [0, 0.05) is 4.88 Å². The lowest BCUT2D eigenvalue weighted by Gasteiger charge is -2.10. The van der Waals surface area contributed by atoms with Gasteiger partial charge in [0.25, 0.3) is 0 Å². The summed E-state index contributed by atoms with van der Waals surface area (Å²) in [5.41, 5.74) is 0. The van der Waals surface area contributed by atoms with E-state index < -0.39 is 0 Å². The van der Waals surface area contributed by atoms with Crippen LogP contribution < -0.4 is 5.32 Å². The molecule has 1 unspecified atom stereocenters. The maximum absolute atomic E-state index is 4.33. The lowest BCUT2D eigenvalue weighted by molar-refractivity contribution is 0.531. The summed E-state index contributed by atoms with van der Waals surface area (Å²) in [5, 5.41) is 14.2. The molecule has 1 N–H and O–H groups in total. The molecule has 0 amide bonds. The molecule has 2 heterocycles. The van der Waals surface area contributed by atoms with E-state index in [9.17, 15) is 0 Å². The number of hydrogen-bond donors (Lipinski definition) is 1. The zero-order chi connectivity index (χ0) is 13.0. The zero-order valence-electron chi connectivity index (χ0n) is 11.1. The molecule has 0 spiro atoms. The molecule has 2 aromatic heterocycles. The molecule has 0 bridgehead atoms. The van der Waals surface area contributed by atoms with Crippen LogP contribution in [0.4, 0.5) is 0 Å². The second-order valence-corrected chi connectivity index (χ2v) is 6.26. The summed E-state index contributed by atoms with van der Waals surface area (Å²) in [7, 11) is 0. The standard InChI is InChI=1S/C13H19N3S2/c1-4-9-7-8-11(17-9)13-16-15-12(18-13)10(5-2)14-6-3/h7-8,10,14H,4-6H2,1-3H3. The third-order valence-corrected chi connectivity index (χ3v) is 5.25. The lowest BCUT2D eigenvalue weighted by atomic mass is 10.2. The highest BCUT2D eigenvalue weighted by atomic mass is 32.1. The molecule has 3 nitrogen and oxygen atoms in total. The minimum atomic E-state index is 0.340. The molecule has 98 valence electrons. The highest BCUT2D eigenvalue weighted by molar-refractivity contribution is 7.21. The molecular weight excluding hydrogens is 262 g/mol. The third-order valence-electron chi connectivity index (χ3n) is 2.82. The Morgan fingerprint density at radius 2 is 2.00 bits per heavy atom. The van der Waals surface area contributed by atoms with Crippen LogP contribution in [0, 0.1) is 0 Å². The second kappa shape index (κ2) is 6.41. The molecule has 0 fully saturated rings. The largest absolute Gasteiger partial charge is 0.308 e. The van der Waals surface area contributed by atoms with Crippen molar-refractivity contribution in [2.45, 2.75) is 39.7 Å². The smallest absolute Gasteiger partial charge is 0.157 e. The van der Waals surface area contributed by atoms with Gasteiger partial charge in [-0.3, -0.25) is 0 Å². The van der Waals surface area contributed by atoms with E-state index >= 15 is 0 Å². The monoisotopic (exact) mass is 281 g/mol. The number of nitrogens with zero attached hydrogens (tertiary/aromatic N) is 2. The van der Waals surface area contributed by atoms with Gasteiger partial charge in [-0.25, -0.2) is 0 Å². The van der Waals surface area contributed by atoms with Gasteiger partial charge in [-0.2, -0.15) is 0 Å². The predicted molar refractivity (Wildman–Crippen MR) is 79.3 cm³/mol. The van der Waals surface area contributed by atoms with Gasteiger partial charge in [0.15, 0.2) is 5.01 Å². The van der Waals surface area contributed by atoms with E-state index in [1.807, 2.05) is 11.3 Å². The topological polar surface area (TPSA) is 37.8 Å². The third kappa shape index (κ3) is 2.96. The van der Waals surface area contributed by atoms with Gasteiger partial charge >= 0.3 is 0 Å².